The van der Waals surface area contributed by atoms with Crippen molar-refractivity contribution in [1.29, 1.82) is 0 Å². The summed E-state index contributed by atoms with van der Waals surface area (Å²) >= 11 is 1.66. The fourth-order valence-corrected chi connectivity index (χ4v) is 5.89. The van der Waals surface area contributed by atoms with Gasteiger partial charge in [-0.3, -0.25) is 9.69 Å². The Bertz CT molecular complexity index is 1160. The summed E-state index contributed by atoms with van der Waals surface area (Å²) in [6.45, 7) is 7.73. The first-order valence-electron chi connectivity index (χ1n) is 12.1. The Balaban J connectivity index is 1.07. The van der Waals surface area contributed by atoms with Gasteiger partial charge in [0.05, 0.1) is 21.1 Å². The van der Waals surface area contributed by atoms with E-state index in [0.29, 0.717) is 13.1 Å². The summed E-state index contributed by atoms with van der Waals surface area (Å²) in [5.74, 6) is 0.384. The number of rotatable bonds is 8. The van der Waals surface area contributed by atoms with E-state index in [4.69, 9.17) is 4.74 Å². The number of nitrogens with zero attached hydrogens (tertiary/aromatic N) is 3. The number of aliphatic hydroxyl groups is 1. The SMILES string of the molecule is Cc1nc2cc(OC[C@H](O)CN3CCN(CC4CNC(=O)[C@H]4c4ccc(F)cc4)CC3)ccc2s1. The highest BCUT2D eigenvalue weighted by Crippen LogP contribution is 2.30. The minimum absolute atomic E-state index is 0.0208. The van der Waals surface area contributed by atoms with E-state index in [1.807, 2.05) is 25.1 Å². The molecule has 2 fully saturated rings. The maximum absolute atomic E-state index is 13.3. The molecule has 0 spiro atoms. The maximum Gasteiger partial charge on any atom is 0.227 e. The van der Waals surface area contributed by atoms with Gasteiger partial charge < -0.3 is 20.1 Å². The smallest absolute Gasteiger partial charge is 0.227 e. The van der Waals surface area contributed by atoms with Gasteiger partial charge in [0.15, 0.2) is 0 Å². The second kappa shape index (κ2) is 10.6. The third kappa shape index (κ3) is 5.81. The van der Waals surface area contributed by atoms with Gasteiger partial charge in [-0.1, -0.05) is 12.1 Å². The summed E-state index contributed by atoms with van der Waals surface area (Å²) in [6, 6.07) is 12.1. The molecule has 1 aromatic heterocycles. The second-order valence-corrected chi connectivity index (χ2v) is 10.7. The van der Waals surface area contributed by atoms with Crippen LogP contribution in [0.5, 0.6) is 5.75 Å². The van der Waals surface area contributed by atoms with Crippen LogP contribution in [-0.4, -0.2) is 84.3 Å². The Morgan fingerprint density at radius 1 is 1.17 bits per heavy atom. The number of hydrogen-bond donors (Lipinski definition) is 2. The normalized spacial score (nSPS) is 22.4. The number of nitrogens with one attached hydrogen (secondary N) is 1. The number of carbonyl (C=O) groups excluding carboxylic acids is 1. The van der Waals surface area contributed by atoms with Gasteiger partial charge in [0.1, 0.15) is 24.3 Å². The first kappa shape index (κ1) is 24.1. The molecule has 1 unspecified atom stereocenters. The third-order valence-corrected chi connectivity index (χ3v) is 7.81. The molecule has 7 nitrogen and oxygen atoms in total. The molecule has 0 bridgehead atoms. The lowest BCUT2D eigenvalue weighted by Gasteiger charge is -2.37. The quantitative estimate of drug-likeness (QED) is 0.497. The molecule has 2 N–H and O–H groups in total. The predicted molar refractivity (Wildman–Crippen MR) is 134 cm³/mol. The fraction of sp³-hybridized carbons (Fsp3) is 0.462. The lowest BCUT2D eigenvalue weighted by atomic mass is 9.88. The third-order valence-electron chi connectivity index (χ3n) is 6.86. The zero-order valence-electron chi connectivity index (χ0n) is 19.8. The van der Waals surface area contributed by atoms with E-state index in [1.165, 1.54) is 12.1 Å². The molecule has 3 aromatic rings. The second-order valence-electron chi connectivity index (χ2n) is 9.46. The number of piperazine rings is 1. The summed E-state index contributed by atoms with van der Waals surface area (Å²) in [5.41, 5.74) is 1.80. The largest absolute Gasteiger partial charge is 0.491 e. The molecular weight excluding hydrogens is 467 g/mol. The molecule has 2 aliphatic heterocycles. The molecule has 1 amide bonds. The molecule has 186 valence electrons. The lowest BCUT2D eigenvalue weighted by Crippen LogP contribution is -2.50. The predicted octanol–water partition coefficient (Wildman–Crippen LogP) is 2.63. The average Bonchev–Trinajstić information content (AvgIpc) is 3.40. The van der Waals surface area contributed by atoms with E-state index in [9.17, 15) is 14.3 Å². The molecule has 0 radical (unpaired) electrons. The number of benzene rings is 2. The van der Waals surface area contributed by atoms with E-state index >= 15 is 0 Å². The Kier molecular flexibility index (Phi) is 7.29. The van der Waals surface area contributed by atoms with Crippen LogP contribution < -0.4 is 10.1 Å². The Morgan fingerprint density at radius 2 is 1.91 bits per heavy atom. The van der Waals surface area contributed by atoms with Gasteiger partial charge in [-0.25, -0.2) is 9.37 Å². The summed E-state index contributed by atoms with van der Waals surface area (Å²) in [5, 5.41) is 14.5. The highest BCUT2D eigenvalue weighted by Gasteiger charge is 2.37. The van der Waals surface area contributed by atoms with Crippen LogP contribution in [0, 0.1) is 18.7 Å². The lowest BCUT2D eigenvalue weighted by molar-refractivity contribution is -0.120. The number of halogens is 1. The molecule has 3 heterocycles. The molecular formula is C26H31FN4O3S. The van der Waals surface area contributed by atoms with Crippen molar-refractivity contribution >= 4 is 27.5 Å². The number of fused-ring (bicyclic) bond motifs is 1. The number of thiazole rings is 1. The summed E-state index contributed by atoms with van der Waals surface area (Å²) in [6.07, 6.45) is -0.575. The van der Waals surface area contributed by atoms with Crippen molar-refractivity contribution in [2.24, 2.45) is 5.92 Å². The highest BCUT2D eigenvalue weighted by atomic mass is 32.1. The standard InChI is InChI=1S/C26H31FN4O3S/c1-17-29-23-12-22(6-7-24(23)35-17)34-16-21(32)15-31-10-8-30(9-11-31)14-19-13-28-26(33)25(19)18-2-4-20(27)5-3-18/h2-7,12,19,21,25,32H,8-11,13-16H2,1H3,(H,28,33)/t19?,21-,25+/m1/s1. The van der Waals surface area contributed by atoms with E-state index in [1.54, 1.807) is 23.5 Å². The number of carbonyl (C=O) groups is 1. The molecule has 2 saturated heterocycles. The molecule has 9 heteroatoms. The van der Waals surface area contributed by atoms with Crippen molar-refractivity contribution in [2.75, 3.05) is 52.4 Å². The van der Waals surface area contributed by atoms with Gasteiger partial charge in [0.25, 0.3) is 0 Å². The van der Waals surface area contributed by atoms with E-state index in [0.717, 1.165) is 59.3 Å². The number of hydrogen-bond acceptors (Lipinski definition) is 7. The number of aliphatic hydroxyl groups excluding tert-OH is 1. The molecule has 0 aliphatic carbocycles. The number of ether oxygens (including phenoxy) is 1. The Morgan fingerprint density at radius 3 is 2.69 bits per heavy atom. The van der Waals surface area contributed by atoms with Crippen LogP contribution >= 0.6 is 11.3 Å². The van der Waals surface area contributed by atoms with Crippen molar-refractivity contribution in [3.8, 4) is 5.75 Å². The zero-order chi connectivity index (χ0) is 24.4. The first-order chi connectivity index (χ1) is 16.9. The van der Waals surface area contributed by atoms with Crippen LogP contribution in [0.25, 0.3) is 10.2 Å². The van der Waals surface area contributed by atoms with Gasteiger partial charge in [-0.15, -0.1) is 11.3 Å². The van der Waals surface area contributed by atoms with Crippen LogP contribution in [-0.2, 0) is 4.79 Å². The topological polar surface area (TPSA) is 77.9 Å². The molecule has 5 rings (SSSR count). The van der Waals surface area contributed by atoms with Crippen molar-refractivity contribution in [3.05, 3.63) is 58.9 Å². The average molecular weight is 499 g/mol. The summed E-state index contributed by atoms with van der Waals surface area (Å²) in [7, 11) is 0. The van der Waals surface area contributed by atoms with Crippen LogP contribution in [0.2, 0.25) is 0 Å². The minimum atomic E-state index is -0.575. The Hall–Kier alpha value is -2.59. The van der Waals surface area contributed by atoms with Gasteiger partial charge in [-0.2, -0.15) is 0 Å². The van der Waals surface area contributed by atoms with Crippen molar-refractivity contribution < 1.29 is 19.0 Å². The molecule has 0 saturated carbocycles. The Labute approximate surface area is 208 Å². The van der Waals surface area contributed by atoms with Gasteiger partial charge >= 0.3 is 0 Å². The van der Waals surface area contributed by atoms with E-state index in [2.05, 4.69) is 20.1 Å². The van der Waals surface area contributed by atoms with E-state index < -0.39 is 6.10 Å². The van der Waals surface area contributed by atoms with Crippen LogP contribution in [0.15, 0.2) is 42.5 Å². The number of aryl methyl sites for hydroxylation is 1. The number of amides is 1. The maximum atomic E-state index is 13.3. The molecule has 2 aliphatic rings. The van der Waals surface area contributed by atoms with Crippen molar-refractivity contribution in [1.82, 2.24) is 20.1 Å². The van der Waals surface area contributed by atoms with Crippen LogP contribution in [0.1, 0.15) is 16.5 Å². The first-order valence-corrected chi connectivity index (χ1v) is 12.9. The molecule has 35 heavy (non-hydrogen) atoms. The van der Waals surface area contributed by atoms with Crippen molar-refractivity contribution in [2.45, 2.75) is 18.9 Å². The summed E-state index contributed by atoms with van der Waals surface area (Å²) in [4.78, 5) is 21.6. The highest BCUT2D eigenvalue weighted by molar-refractivity contribution is 7.18. The minimum Gasteiger partial charge on any atom is -0.491 e. The van der Waals surface area contributed by atoms with E-state index in [-0.39, 0.29) is 30.2 Å². The number of aromatic nitrogens is 1. The monoisotopic (exact) mass is 498 g/mol. The number of β-amino-alcohol motifs (C(OH)–C–C–N with tert-alkyl or cyclic N) is 1. The zero-order valence-corrected chi connectivity index (χ0v) is 20.6. The molecule has 2 aromatic carbocycles. The fourth-order valence-electron chi connectivity index (χ4n) is 5.08. The van der Waals surface area contributed by atoms with Gasteiger partial charge in [-0.05, 0) is 36.8 Å². The van der Waals surface area contributed by atoms with Gasteiger partial charge in [0, 0.05) is 57.8 Å². The van der Waals surface area contributed by atoms with Gasteiger partial charge in [0.2, 0.25) is 5.91 Å². The summed E-state index contributed by atoms with van der Waals surface area (Å²) < 4.78 is 20.3. The van der Waals surface area contributed by atoms with Crippen LogP contribution in [0.4, 0.5) is 4.39 Å². The van der Waals surface area contributed by atoms with Crippen LogP contribution in [0.3, 0.4) is 0 Å². The van der Waals surface area contributed by atoms with Crippen molar-refractivity contribution in [3.63, 3.8) is 0 Å². The molecule has 3 atom stereocenters.